The maximum absolute atomic E-state index is 5.03. The van der Waals surface area contributed by atoms with Crippen molar-refractivity contribution in [1.29, 1.82) is 0 Å². The van der Waals surface area contributed by atoms with Crippen molar-refractivity contribution in [3.63, 3.8) is 0 Å². The van der Waals surface area contributed by atoms with Crippen LogP contribution in [0.15, 0.2) is 12.7 Å². The summed E-state index contributed by atoms with van der Waals surface area (Å²) in [6.45, 7) is 6.38. The van der Waals surface area contributed by atoms with Crippen molar-refractivity contribution in [1.82, 2.24) is 0 Å². The van der Waals surface area contributed by atoms with E-state index >= 15 is 0 Å². The molecule has 0 aliphatic carbocycles. The minimum Gasteiger partial charge on any atom is -0.417 e. The normalized spacial score (nSPS) is 8.71. The quantitative estimate of drug-likeness (QED) is 0.303. The minimum absolute atomic E-state index is 0.614. The Hall–Kier alpha value is -0.0831. The maximum Gasteiger partial charge on any atom is 0.233 e. The first-order valence-corrected chi connectivity index (χ1v) is 3.49. The SMILES string of the molecule is C=CC[Si]OCC. The molecular weight excluding hydrogens is 104 g/mol. The zero-order valence-electron chi connectivity index (χ0n) is 4.61. The monoisotopic (exact) mass is 114 g/mol. The number of rotatable bonds is 4. The molecule has 0 saturated heterocycles. The van der Waals surface area contributed by atoms with Crippen LogP contribution in [-0.4, -0.2) is 16.4 Å². The number of hydrogen-bond donors (Lipinski definition) is 0. The Bertz CT molecular complexity index is 45.3. The van der Waals surface area contributed by atoms with E-state index in [-0.39, 0.29) is 0 Å². The van der Waals surface area contributed by atoms with E-state index in [2.05, 4.69) is 6.58 Å². The summed E-state index contributed by atoms with van der Waals surface area (Å²) in [6, 6.07) is 0.994. The Morgan fingerprint density at radius 3 is 3.00 bits per heavy atom. The molecule has 0 bridgehead atoms. The van der Waals surface area contributed by atoms with E-state index in [1.165, 1.54) is 0 Å². The van der Waals surface area contributed by atoms with Crippen LogP contribution in [-0.2, 0) is 4.43 Å². The number of hydrogen-bond acceptors (Lipinski definition) is 1. The van der Waals surface area contributed by atoms with Gasteiger partial charge >= 0.3 is 0 Å². The third kappa shape index (κ3) is 5.92. The van der Waals surface area contributed by atoms with Crippen molar-refractivity contribution < 1.29 is 4.43 Å². The molecule has 0 aliphatic heterocycles. The van der Waals surface area contributed by atoms with Gasteiger partial charge in [0.15, 0.2) is 0 Å². The molecule has 0 atom stereocenters. The molecule has 7 heavy (non-hydrogen) atoms. The predicted octanol–water partition coefficient (Wildman–Crippen LogP) is 1.25. The standard InChI is InChI=1S/C5H10OSi/c1-3-5-7-6-4-2/h3H,1,4-5H2,2H3. The summed E-state index contributed by atoms with van der Waals surface area (Å²) < 4.78 is 5.03. The van der Waals surface area contributed by atoms with E-state index in [1.807, 2.05) is 13.0 Å². The average molecular weight is 114 g/mol. The van der Waals surface area contributed by atoms with Gasteiger partial charge in [0.1, 0.15) is 0 Å². The molecule has 0 rings (SSSR count). The largest absolute Gasteiger partial charge is 0.417 e. The van der Waals surface area contributed by atoms with Crippen LogP contribution in [0.4, 0.5) is 0 Å². The number of allylic oxidation sites excluding steroid dienone is 1. The Labute approximate surface area is 47.3 Å². The first-order valence-electron chi connectivity index (χ1n) is 2.37. The molecule has 0 heterocycles. The highest BCUT2D eigenvalue weighted by Gasteiger charge is 1.80. The van der Waals surface area contributed by atoms with Crippen molar-refractivity contribution in [3.8, 4) is 0 Å². The van der Waals surface area contributed by atoms with Gasteiger partial charge in [0.05, 0.1) is 0 Å². The van der Waals surface area contributed by atoms with Gasteiger partial charge in [-0.2, -0.15) is 0 Å². The van der Waals surface area contributed by atoms with E-state index in [1.54, 1.807) is 0 Å². The Balaban J connectivity index is 2.56. The van der Waals surface area contributed by atoms with Gasteiger partial charge in [0.2, 0.25) is 9.76 Å². The Morgan fingerprint density at radius 1 is 1.86 bits per heavy atom. The topological polar surface area (TPSA) is 9.23 Å². The van der Waals surface area contributed by atoms with E-state index in [0.29, 0.717) is 9.76 Å². The van der Waals surface area contributed by atoms with E-state index < -0.39 is 0 Å². The highest BCUT2D eigenvalue weighted by atomic mass is 28.2. The molecule has 0 saturated carbocycles. The highest BCUT2D eigenvalue weighted by Crippen LogP contribution is 1.78. The fourth-order valence-electron chi connectivity index (χ4n) is 0.220. The summed E-state index contributed by atoms with van der Waals surface area (Å²) in [5.41, 5.74) is 0. The molecule has 2 radical (unpaired) electrons. The first kappa shape index (κ1) is 6.92. The van der Waals surface area contributed by atoms with Gasteiger partial charge in [-0.1, -0.05) is 6.08 Å². The van der Waals surface area contributed by atoms with Crippen molar-refractivity contribution in [2.45, 2.75) is 13.0 Å². The second-order valence-electron chi connectivity index (χ2n) is 1.07. The molecule has 0 aromatic heterocycles. The zero-order valence-corrected chi connectivity index (χ0v) is 5.61. The molecule has 2 heteroatoms. The fourth-order valence-corrected chi connectivity index (χ4v) is 0.660. The molecular formula is C5H10OSi. The van der Waals surface area contributed by atoms with Crippen molar-refractivity contribution in [2.75, 3.05) is 6.61 Å². The molecule has 40 valence electrons. The molecule has 0 aromatic carbocycles. The Kier molecular flexibility index (Phi) is 5.85. The van der Waals surface area contributed by atoms with Crippen molar-refractivity contribution in [3.05, 3.63) is 12.7 Å². The van der Waals surface area contributed by atoms with Gasteiger partial charge in [-0.05, 0) is 13.0 Å². The van der Waals surface area contributed by atoms with E-state index in [4.69, 9.17) is 4.43 Å². The minimum atomic E-state index is 0.614. The zero-order chi connectivity index (χ0) is 5.54. The van der Waals surface area contributed by atoms with Crippen LogP contribution in [0.1, 0.15) is 6.92 Å². The Morgan fingerprint density at radius 2 is 2.57 bits per heavy atom. The van der Waals surface area contributed by atoms with Gasteiger partial charge in [0.25, 0.3) is 0 Å². The first-order chi connectivity index (χ1) is 3.41. The van der Waals surface area contributed by atoms with Crippen LogP contribution in [0.2, 0.25) is 6.04 Å². The van der Waals surface area contributed by atoms with Gasteiger partial charge in [0, 0.05) is 6.61 Å². The molecule has 1 nitrogen and oxygen atoms in total. The van der Waals surface area contributed by atoms with Crippen LogP contribution in [0.3, 0.4) is 0 Å². The molecule has 0 fully saturated rings. The van der Waals surface area contributed by atoms with Gasteiger partial charge in [-0.25, -0.2) is 0 Å². The van der Waals surface area contributed by atoms with Crippen LogP contribution in [0.5, 0.6) is 0 Å². The molecule has 0 amide bonds. The van der Waals surface area contributed by atoms with Crippen molar-refractivity contribution in [2.24, 2.45) is 0 Å². The van der Waals surface area contributed by atoms with Crippen LogP contribution in [0.25, 0.3) is 0 Å². The maximum atomic E-state index is 5.03. The summed E-state index contributed by atoms with van der Waals surface area (Å²) >= 11 is 0. The molecule has 0 unspecified atom stereocenters. The smallest absolute Gasteiger partial charge is 0.233 e. The lowest BCUT2D eigenvalue weighted by molar-refractivity contribution is 0.362. The second kappa shape index (κ2) is 5.92. The summed E-state index contributed by atoms with van der Waals surface area (Å²) in [5.74, 6) is 0. The summed E-state index contributed by atoms with van der Waals surface area (Å²) in [5, 5.41) is 0. The average Bonchev–Trinajstić information content (AvgIpc) is 1.69. The third-order valence-corrected chi connectivity index (χ3v) is 1.42. The van der Waals surface area contributed by atoms with Crippen LogP contribution >= 0.6 is 0 Å². The van der Waals surface area contributed by atoms with Gasteiger partial charge in [-0.3, -0.25) is 0 Å². The molecule has 0 N–H and O–H groups in total. The second-order valence-corrected chi connectivity index (χ2v) is 2.06. The lowest BCUT2D eigenvalue weighted by atomic mass is 10.8. The lowest BCUT2D eigenvalue weighted by Crippen LogP contribution is -1.94. The molecule has 0 aliphatic rings. The van der Waals surface area contributed by atoms with Gasteiger partial charge in [-0.15, -0.1) is 6.58 Å². The van der Waals surface area contributed by atoms with E-state index in [0.717, 1.165) is 12.7 Å². The van der Waals surface area contributed by atoms with Crippen molar-refractivity contribution >= 4 is 9.76 Å². The predicted molar refractivity (Wildman–Crippen MR) is 32.4 cm³/mol. The van der Waals surface area contributed by atoms with E-state index in [9.17, 15) is 0 Å². The molecule has 0 aromatic rings. The summed E-state index contributed by atoms with van der Waals surface area (Å²) in [7, 11) is 0.614. The van der Waals surface area contributed by atoms with Gasteiger partial charge < -0.3 is 4.43 Å². The summed E-state index contributed by atoms with van der Waals surface area (Å²) in [4.78, 5) is 0. The summed E-state index contributed by atoms with van der Waals surface area (Å²) in [6.07, 6.45) is 1.87. The lowest BCUT2D eigenvalue weighted by Gasteiger charge is -1.90. The third-order valence-electron chi connectivity index (χ3n) is 0.474. The fraction of sp³-hybridized carbons (Fsp3) is 0.600. The van der Waals surface area contributed by atoms with Crippen LogP contribution < -0.4 is 0 Å². The van der Waals surface area contributed by atoms with Crippen LogP contribution in [0, 0.1) is 0 Å². The highest BCUT2D eigenvalue weighted by molar-refractivity contribution is 6.27. The molecule has 0 spiro atoms.